The van der Waals surface area contributed by atoms with Crippen molar-refractivity contribution in [3.05, 3.63) is 0 Å². The molecule has 1 rings (SSSR count). The molecule has 0 aliphatic carbocycles. The third-order valence-corrected chi connectivity index (χ3v) is 1.90. The van der Waals surface area contributed by atoms with Crippen LogP contribution in [0.4, 0.5) is 0 Å². The van der Waals surface area contributed by atoms with Gasteiger partial charge in [0, 0.05) is 12.8 Å². The number of imide groups is 1. The van der Waals surface area contributed by atoms with Crippen LogP contribution in [0.1, 0.15) is 19.3 Å². The maximum absolute atomic E-state index is 11.1. The number of nitrogens with one attached hydrogen (secondary N) is 2. The Morgan fingerprint density at radius 2 is 2.07 bits per heavy atom. The molecule has 1 aliphatic rings. The Morgan fingerprint density at radius 3 is 2.53 bits per heavy atom. The van der Waals surface area contributed by atoms with Gasteiger partial charge in [0.15, 0.2) is 0 Å². The van der Waals surface area contributed by atoms with Crippen molar-refractivity contribution in [2.75, 3.05) is 0 Å². The van der Waals surface area contributed by atoms with Gasteiger partial charge in [-0.1, -0.05) is 0 Å². The van der Waals surface area contributed by atoms with Crippen molar-refractivity contribution in [1.82, 2.24) is 10.6 Å². The van der Waals surface area contributed by atoms with E-state index in [1.165, 1.54) is 0 Å². The summed E-state index contributed by atoms with van der Waals surface area (Å²) in [5, 5.41) is 4.39. The Morgan fingerprint density at radius 1 is 1.40 bits per heavy atom. The van der Waals surface area contributed by atoms with E-state index in [0.717, 1.165) is 0 Å². The number of rotatable bonds is 4. The number of hydrogen-bond donors (Lipinski definition) is 3. The smallest absolute Gasteiger partial charge is 0.249 e. The van der Waals surface area contributed by atoms with Crippen LogP contribution in [0.5, 0.6) is 0 Å². The van der Waals surface area contributed by atoms with Crippen molar-refractivity contribution in [3.63, 3.8) is 0 Å². The van der Waals surface area contributed by atoms with E-state index >= 15 is 0 Å². The molecule has 7 heteroatoms. The summed E-state index contributed by atoms with van der Waals surface area (Å²) in [6.07, 6.45) is -0.206. The van der Waals surface area contributed by atoms with E-state index in [4.69, 9.17) is 5.73 Å². The lowest BCUT2D eigenvalue weighted by Gasteiger charge is -2.07. The minimum atomic E-state index is -0.821. The maximum atomic E-state index is 11.1. The minimum absolute atomic E-state index is 0.0544. The summed E-state index contributed by atoms with van der Waals surface area (Å²) in [4.78, 5) is 43.3. The lowest BCUT2D eigenvalue weighted by Crippen LogP contribution is -2.40. The Labute approximate surface area is 85.4 Å². The van der Waals surface area contributed by atoms with E-state index in [1.54, 1.807) is 0 Å². The quantitative estimate of drug-likeness (QED) is 0.458. The molecule has 0 aromatic rings. The zero-order valence-corrected chi connectivity index (χ0v) is 7.91. The molecule has 4 amide bonds. The maximum Gasteiger partial charge on any atom is 0.249 e. The molecule has 1 heterocycles. The molecule has 0 bridgehead atoms. The van der Waals surface area contributed by atoms with Gasteiger partial charge >= 0.3 is 0 Å². The second-order valence-electron chi connectivity index (χ2n) is 3.20. The van der Waals surface area contributed by atoms with Gasteiger partial charge in [-0.25, -0.2) is 0 Å². The van der Waals surface area contributed by atoms with Gasteiger partial charge < -0.3 is 11.1 Å². The van der Waals surface area contributed by atoms with E-state index in [9.17, 15) is 19.2 Å². The Bertz CT molecular complexity index is 326. The van der Waals surface area contributed by atoms with Gasteiger partial charge in [-0.15, -0.1) is 0 Å². The van der Waals surface area contributed by atoms with Crippen LogP contribution in [0.15, 0.2) is 0 Å². The van der Waals surface area contributed by atoms with Crippen molar-refractivity contribution in [3.8, 4) is 0 Å². The largest absolute Gasteiger partial charge is 0.370 e. The third-order valence-electron chi connectivity index (χ3n) is 1.90. The fraction of sp³-hybridized carbons (Fsp3) is 0.500. The number of carbonyl (C=O) groups is 4. The molecule has 0 aromatic heterocycles. The van der Waals surface area contributed by atoms with Crippen molar-refractivity contribution in [2.24, 2.45) is 5.73 Å². The highest BCUT2D eigenvalue weighted by atomic mass is 16.2. The summed E-state index contributed by atoms with van der Waals surface area (Å²) < 4.78 is 0. The molecule has 1 saturated heterocycles. The van der Waals surface area contributed by atoms with Crippen LogP contribution in [0, 0.1) is 0 Å². The fourth-order valence-electron chi connectivity index (χ4n) is 1.17. The first kappa shape index (κ1) is 11.2. The predicted molar refractivity (Wildman–Crippen MR) is 48.1 cm³/mol. The summed E-state index contributed by atoms with van der Waals surface area (Å²) in [7, 11) is 0. The normalized spacial score (nSPS) is 19.9. The molecule has 1 aliphatic heterocycles. The van der Waals surface area contributed by atoms with E-state index in [0.29, 0.717) is 0 Å². The van der Waals surface area contributed by atoms with Crippen LogP contribution in [0.2, 0.25) is 0 Å². The molecule has 0 radical (unpaired) electrons. The van der Waals surface area contributed by atoms with E-state index in [1.807, 2.05) is 0 Å². The van der Waals surface area contributed by atoms with Gasteiger partial charge in [0.2, 0.25) is 23.6 Å². The SMILES string of the molecule is NC(=O)CCC(=O)NC1CC(=O)NC1=O. The number of hydrogen-bond acceptors (Lipinski definition) is 4. The number of primary amides is 1. The number of amides is 4. The lowest BCUT2D eigenvalue weighted by molar-refractivity contribution is -0.129. The average Bonchev–Trinajstić information content (AvgIpc) is 2.42. The molecular formula is C8H11N3O4. The van der Waals surface area contributed by atoms with Crippen molar-refractivity contribution in [1.29, 1.82) is 0 Å². The predicted octanol–water partition coefficient (Wildman–Crippen LogP) is -2.22. The molecule has 82 valence electrons. The molecule has 1 atom stereocenters. The lowest BCUT2D eigenvalue weighted by atomic mass is 10.2. The van der Waals surface area contributed by atoms with Gasteiger partial charge in [0.05, 0.1) is 6.42 Å². The average molecular weight is 213 g/mol. The molecular weight excluding hydrogens is 202 g/mol. The summed E-state index contributed by atoms with van der Waals surface area (Å²) >= 11 is 0. The zero-order valence-electron chi connectivity index (χ0n) is 7.91. The summed E-state index contributed by atoms with van der Waals surface area (Å²) in [5.41, 5.74) is 4.85. The molecule has 1 unspecified atom stereocenters. The molecule has 4 N–H and O–H groups in total. The standard InChI is InChI=1S/C8H11N3O4/c9-5(12)1-2-6(13)10-4-3-7(14)11-8(4)15/h4H,1-3H2,(H2,9,12)(H,10,13)(H,11,14,15). The van der Waals surface area contributed by atoms with Crippen molar-refractivity contribution < 1.29 is 19.2 Å². The fourth-order valence-corrected chi connectivity index (χ4v) is 1.17. The zero-order chi connectivity index (χ0) is 11.4. The van der Waals surface area contributed by atoms with Crippen LogP contribution in [-0.4, -0.2) is 29.7 Å². The van der Waals surface area contributed by atoms with Gasteiger partial charge in [0.1, 0.15) is 6.04 Å². The van der Waals surface area contributed by atoms with Crippen LogP contribution in [0.3, 0.4) is 0 Å². The van der Waals surface area contributed by atoms with E-state index in [2.05, 4.69) is 10.6 Å². The van der Waals surface area contributed by atoms with Crippen molar-refractivity contribution >= 4 is 23.6 Å². The summed E-state index contributed by atoms with van der Waals surface area (Å²) in [6.45, 7) is 0. The third kappa shape index (κ3) is 3.37. The number of carbonyl (C=O) groups excluding carboxylic acids is 4. The molecule has 15 heavy (non-hydrogen) atoms. The first-order valence-corrected chi connectivity index (χ1v) is 4.40. The van der Waals surface area contributed by atoms with Crippen LogP contribution in [-0.2, 0) is 19.2 Å². The van der Waals surface area contributed by atoms with E-state index in [-0.39, 0.29) is 19.3 Å². The first-order chi connectivity index (χ1) is 6.99. The Kier molecular flexibility index (Phi) is 3.37. The second kappa shape index (κ2) is 4.54. The van der Waals surface area contributed by atoms with E-state index < -0.39 is 29.7 Å². The highest BCUT2D eigenvalue weighted by Crippen LogP contribution is 2.01. The van der Waals surface area contributed by atoms with Gasteiger partial charge in [-0.05, 0) is 0 Å². The monoisotopic (exact) mass is 213 g/mol. The van der Waals surface area contributed by atoms with Crippen LogP contribution in [0.25, 0.3) is 0 Å². The molecule has 0 aromatic carbocycles. The van der Waals surface area contributed by atoms with Crippen LogP contribution >= 0.6 is 0 Å². The number of nitrogens with two attached hydrogens (primary N) is 1. The van der Waals surface area contributed by atoms with Gasteiger partial charge in [0.25, 0.3) is 0 Å². The van der Waals surface area contributed by atoms with Gasteiger partial charge in [-0.3, -0.25) is 24.5 Å². The molecule has 1 fully saturated rings. The van der Waals surface area contributed by atoms with Crippen molar-refractivity contribution in [2.45, 2.75) is 25.3 Å². The molecule has 0 saturated carbocycles. The molecule has 0 spiro atoms. The molecule has 7 nitrogen and oxygen atoms in total. The highest BCUT2D eigenvalue weighted by molar-refractivity contribution is 6.06. The Hall–Kier alpha value is -1.92. The van der Waals surface area contributed by atoms with Crippen LogP contribution < -0.4 is 16.4 Å². The second-order valence-corrected chi connectivity index (χ2v) is 3.20. The topological polar surface area (TPSA) is 118 Å². The summed E-state index contributed by atoms with van der Waals surface area (Å²) in [6, 6.07) is -0.821. The first-order valence-electron chi connectivity index (χ1n) is 4.40. The highest BCUT2D eigenvalue weighted by Gasteiger charge is 2.31. The summed E-state index contributed by atoms with van der Waals surface area (Å²) in [5.74, 6) is -1.99. The Balaban J connectivity index is 2.35. The van der Waals surface area contributed by atoms with Gasteiger partial charge in [-0.2, -0.15) is 0 Å². The minimum Gasteiger partial charge on any atom is -0.370 e.